The highest BCUT2D eigenvalue weighted by molar-refractivity contribution is 6.20. The van der Waals surface area contributed by atoms with E-state index in [1.54, 1.807) is 0 Å². The molecular weight excluding hydrogens is 120 g/mol. The van der Waals surface area contributed by atoms with E-state index in [0.29, 0.717) is 10.8 Å². The average molecular weight is 135 g/mol. The molecule has 0 aliphatic heterocycles. The predicted octanol–water partition coefficient (Wildman–Crippen LogP) is 3.05. The fourth-order valence-corrected chi connectivity index (χ4v) is 1.31. The summed E-state index contributed by atoms with van der Waals surface area (Å²) in [6.07, 6.45) is 1.09. The van der Waals surface area contributed by atoms with Crippen LogP contribution in [0, 0.1) is 5.41 Å². The molecule has 0 N–H and O–H groups in total. The van der Waals surface area contributed by atoms with Gasteiger partial charge in [-0.1, -0.05) is 20.8 Å². The molecule has 1 atom stereocenters. The maximum absolute atomic E-state index is 5.76. The summed E-state index contributed by atoms with van der Waals surface area (Å²) >= 11 is 5.76. The van der Waals surface area contributed by atoms with Crippen LogP contribution in [-0.4, -0.2) is 5.38 Å². The highest BCUT2D eigenvalue weighted by Gasteiger charge is 2.12. The minimum Gasteiger partial charge on any atom is -0.123 e. The van der Waals surface area contributed by atoms with Crippen molar-refractivity contribution in [2.75, 3.05) is 0 Å². The van der Waals surface area contributed by atoms with E-state index < -0.39 is 0 Å². The first-order chi connectivity index (χ1) is 3.42. The first kappa shape index (κ1) is 8.29. The number of alkyl halides is 1. The van der Waals surface area contributed by atoms with Crippen molar-refractivity contribution in [2.45, 2.75) is 39.5 Å². The second-order valence-electron chi connectivity index (χ2n) is 3.55. The Kier molecular flexibility index (Phi) is 2.82. The first-order valence-corrected chi connectivity index (χ1v) is 3.49. The van der Waals surface area contributed by atoms with Gasteiger partial charge >= 0.3 is 0 Å². The van der Waals surface area contributed by atoms with Gasteiger partial charge in [0.05, 0.1) is 0 Å². The van der Waals surface area contributed by atoms with Gasteiger partial charge in [-0.3, -0.25) is 0 Å². The molecule has 0 fully saturated rings. The topological polar surface area (TPSA) is 0 Å². The molecule has 0 nitrogen and oxygen atoms in total. The van der Waals surface area contributed by atoms with Crippen molar-refractivity contribution in [1.82, 2.24) is 0 Å². The highest BCUT2D eigenvalue weighted by Crippen LogP contribution is 2.22. The van der Waals surface area contributed by atoms with E-state index >= 15 is 0 Å². The summed E-state index contributed by atoms with van der Waals surface area (Å²) in [5.74, 6) is 0. The molecule has 50 valence electrons. The summed E-state index contributed by atoms with van der Waals surface area (Å²) in [4.78, 5) is 0. The standard InChI is InChI=1S/C7H15Cl/c1-6(8)5-7(2,3)4/h6H,5H2,1-4H3/t6-/m1/s1. The molecule has 0 unspecified atom stereocenters. The van der Waals surface area contributed by atoms with E-state index in [2.05, 4.69) is 20.8 Å². The Morgan fingerprint density at radius 2 is 1.75 bits per heavy atom. The van der Waals surface area contributed by atoms with Crippen LogP contribution < -0.4 is 0 Å². The van der Waals surface area contributed by atoms with Crippen LogP contribution in [0.5, 0.6) is 0 Å². The Bertz CT molecular complexity index is 59.3. The lowest BCUT2D eigenvalue weighted by Gasteiger charge is -2.18. The lowest BCUT2D eigenvalue weighted by atomic mass is 9.91. The van der Waals surface area contributed by atoms with E-state index in [-0.39, 0.29) is 0 Å². The molecule has 0 saturated heterocycles. The van der Waals surface area contributed by atoms with Crippen molar-refractivity contribution in [2.24, 2.45) is 5.41 Å². The third kappa shape index (κ3) is 6.29. The molecule has 0 aromatic rings. The molecular formula is C7H15Cl. The smallest absolute Gasteiger partial charge is 0.0312 e. The summed E-state index contributed by atoms with van der Waals surface area (Å²) in [6, 6.07) is 0. The summed E-state index contributed by atoms with van der Waals surface area (Å²) in [7, 11) is 0. The van der Waals surface area contributed by atoms with Crippen molar-refractivity contribution >= 4 is 11.6 Å². The Balaban J connectivity index is 3.39. The Morgan fingerprint density at radius 3 is 1.75 bits per heavy atom. The number of halogens is 1. The quantitative estimate of drug-likeness (QED) is 0.484. The van der Waals surface area contributed by atoms with Crippen molar-refractivity contribution in [3.05, 3.63) is 0 Å². The zero-order valence-electron chi connectivity index (χ0n) is 6.16. The molecule has 0 spiro atoms. The van der Waals surface area contributed by atoms with Crippen LogP contribution in [0.25, 0.3) is 0 Å². The molecule has 0 amide bonds. The highest BCUT2D eigenvalue weighted by atomic mass is 35.5. The summed E-state index contributed by atoms with van der Waals surface area (Å²) in [5, 5.41) is 0.315. The molecule has 0 aliphatic rings. The lowest BCUT2D eigenvalue weighted by Crippen LogP contribution is -2.10. The summed E-state index contributed by atoms with van der Waals surface area (Å²) in [5.41, 5.74) is 0.390. The molecule has 8 heavy (non-hydrogen) atoms. The fraction of sp³-hybridized carbons (Fsp3) is 1.00. The lowest BCUT2D eigenvalue weighted by molar-refractivity contribution is 0.376. The Morgan fingerprint density at radius 1 is 1.38 bits per heavy atom. The van der Waals surface area contributed by atoms with Gasteiger partial charge in [0.25, 0.3) is 0 Å². The second kappa shape index (κ2) is 2.72. The van der Waals surface area contributed by atoms with Crippen LogP contribution in [0.3, 0.4) is 0 Å². The number of hydrogen-bond acceptors (Lipinski definition) is 0. The molecule has 0 radical (unpaired) electrons. The third-order valence-electron chi connectivity index (χ3n) is 0.894. The monoisotopic (exact) mass is 134 g/mol. The molecule has 0 heterocycles. The molecule has 1 heteroatoms. The van der Waals surface area contributed by atoms with E-state index in [4.69, 9.17) is 11.6 Å². The van der Waals surface area contributed by atoms with Crippen LogP contribution in [-0.2, 0) is 0 Å². The van der Waals surface area contributed by atoms with Crippen molar-refractivity contribution in [3.63, 3.8) is 0 Å². The van der Waals surface area contributed by atoms with Crippen molar-refractivity contribution in [3.8, 4) is 0 Å². The van der Waals surface area contributed by atoms with Crippen molar-refractivity contribution < 1.29 is 0 Å². The maximum atomic E-state index is 5.76. The Hall–Kier alpha value is 0.290. The van der Waals surface area contributed by atoms with E-state index in [1.165, 1.54) is 0 Å². The molecule has 0 rings (SSSR count). The van der Waals surface area contributed by atoms with Crippen molar-refractivity contribution in [1.29, 1.82) is 0 Å². The van der Waals surface area contributed by atoms with Crippen LogP contribution in [0.4, 0.5) is 0 Å². The summed E-state index contributed by atoms with van der Waals surface area (Å²) < 4.78 is 0. The minimum absolute atomic E-state index is 0.315. The van der Waals surface area contributed by atoms with Crippen LogP contribution in [0.1, 0.15) is 34.1 Å². The zero-order chi connectivity index (χ0) is 6.78. The molecule has 0 aliphatic carbocycles. The minimum atomic E-state index is 0.315. The fourth-order valence-electron chi connectivity index (χ4n) is 0.844. The predicted molar refractivity (Wildman–Crippen MR) is 39.4 cm³/mol. The van der Waals surface area contributed by atoms with Gasteiger partial charge in [-0.05, 0) is 18.8 Å². The van der Waals surface area contributed by atoms with Gasteiger partial charge < -0.3 is 0 Å². The summed E-state index contributed by atoms with van der Waals surface area (Å²) in [6.45, 7) is 8.64. The molecule has 0 saturated carbocycles. The van der Waals surface area contributed by atoms with E-state index in [0.717, 1.165) is 6.42 Å². The first-order valence-electron chi connectivity index (χ1n) is 3.06. The molecule has 0 bridgehead atoms. The van der Waals surface area contributed by atoms with Crippen LogP contribution >= 0.6 is 11.6 Å². The van der Waals surface area contributed by atoms with Gasteiger partial charge in [0.2, 0.25) is 0 Å². The second-order valence-corrected chi connectivity index (χ2v) is 4.29. The van der Waals surface area contributed by atoms with Crippen LogP contribution in [0.2, 0.25) is 0 Å². The van der Waals surface area contributed by atoms with Crippen LogP contribution in [0.15, 0.2) is 0 Å². The van der Waals surface area contributed by atoms with E-state index in [1.807, 2.05) is 6.92 Å². The van der Waals surface area contributed by atoms with Gasteiger partial charge in [0.15, 0.2) is 0 Å². The maximum Gasteiger partial charge on any atom is 0.0312 e. The average Bonchev–Trinajstić information content (AvgIpc) is 1.21. The van der Waals surface area contributed by atoms with E-state index in [9.17, 15) is 0 Å². The molecule has 0 aromatic carbocycles. The largest absolute Gasteiger partial charge is 0.123 e. The molecule has 0 aromatic heterocycles. The normalized spacial score (nSPS) is 16.1. The third-order valence-corrected chi connectivity index (χ3v) is 1.05. The SMILES string of the molecule is C[C@@H](Cl)CC(C)(C)C. The van der Waals surface area contributed by atoms with Gasteiger partial charge in [-0.15, -0.1) is 11.6 Å². The Labute approximate surface area is 57.2 Å². The number of hydrogen-bond donors (Lipinski definition) is 0. The van der Waals surface area contributed by atoms with Gasteiger partial charge in [-0.25, -0.2) is 0 Å². The number of rotatable bonds is 1. The van der Waals surface area contributed by atoms with Gasteiger partial charge in [0.1, 0.15) is 0 Å². The zero-order valence-corrected chi connectivity index (χ0v) is 6.92. The van der Waals surface area contributed by atoms with Gasteiger partial charge in [0, 0.05) is 5.38 Å². The van der Waals surface area contributed by atoms with Gasteiger partial charge in [-0.2, -0.15) is 0 Å².